The first-order valence-corrected chi connectivity index (χ1v) is 9.67. The van der Waals surface area contributed by atoms with Crippen LogP contribution in [-0.2, 0) is 14.3 Å². The summed E-state index contributed by atoms with van der Waals surface area (Å²) in [6, 6.07) is 5.90. The van der Waals surface area contributed by atoms with Gasteiger partial charge < -0.3 is 15.0 Å². The van der Waals surface area contributed by atoms with Crippen molar-refractivity contribution in [3.05, 3.63) is 30.1 Å². The molecule has 2 fully saturated rings. The fourth-order valence-electron chi connectivity index (χ4n) is 4.13. The zero-order valence-electron chi connectivity index (χ0n) is 15.5. The Kier molecular flexibility index (Phi) is 6.61. The first-order valence-electron chi connectivity index (χ1n) is 9.67. The third-order valence-corrected chi connectivity index (χ3v) is 5.62. The van der Waals surface area contributed by atoms with Gasteiger partial charge >= 0.3 is 0 Å². The van der Waals surface area contributed by atoms with Gasteiger partial charge in [-0.1, -0.05) is 25.3 Å². The monoisotopic (exact) mass is 359 g/mol. The molecule has 1 aliphatic carbocycles. The summed E-state index contributed by atoms with van der Waals surface area (Å²) in [5.41, 5.74) is 1.000. The van der Waals surface area contributed by atoms with E-state index >= 15 is 0 Å². The van der Waals surface area contributed by atoms with Crippen molar-refractivity contribution >= 4 is 11.8 Å². The summed E-state index contributed by atoms with van der Waals surface area (Å²) in [6.07, 6.45) is 7.39. The highest BCUT2D eigenvalue weighted by Crippen LogP contribution is 2.34. The minimum atomic E-state index is -0.132. The van der Waals surface area contributed by atoms with Crippen LogP contribution in [0.2, 0.25) is 0 Å². The van der Waals surface area contributed by atoms with Crippen molar-refractivity contribution < 1.29 is 14.3 Å². The largest absolute Gasteiger partial charge is 0.371 e. The molecule has 0 radical (unpaired) electrons. The number of carbonyl (C=O) groups excluding carboxylic acids is 2. The molecule has 1 saturated carbocycles. The molecule has 2 aliphatic rings. The van der Waals surface area contributed by atoms with Crippen LogP contribution < -0.4 is 5.32 Å². The van der Waals surface area contributed by atoms with Gasteiger partial charge in [-0.05, 0) is 25.0 Å². The summed E-state index contributed by atoms with van der Waals surface area (Å²) >= 11 is 0. The number of likely N-dealkylation sites (N-methyl/N-ethyl adjacent to an activating group) is 1. The van der Waals surface area contributed by atoms with Crippen LogP contribution in [0, 0.1) is 11.8 Å². The fourth-order valence-corrected chi connectivity index (χ4v) is 4.13. The van der Waals surface area contributed by atoms with E-state index in [0.717, 1.165) is 31.4 Å². The predicted molar refractivity (Wildman–Crippen MR) is 98.5 cm³/mol. The highest BCUT2D eigenvalue weighted by Gasteiger charge is 2.39. The lowest BCUT2D eigenvalue weighted by molar-refractivity contribution is -0.136. The molecule has 1 aromatic heterocycles. The minimum absolute atomic E-state index is 0.0541. The van der Waals surface area contributed by atoms with E-state index in [9.17, 15) is 9.59 Å². The van der Waals surface area contributed by atoms with Crippen LogP contribution in [0.5, 0.6) is 0 Å². The molecule has 6 heteroatoms. The SMILES string of the molecule is CNC(=O)COCC1CN(C(=O)C2CCCCC2)CC1c1ccccn1. The molecule has 6 nitrogen and oxygen atoms in total. The second-order valence-corrected chi connectivity index (χ2v) is 7.39. The summed E-state index contributed by atoms with van der Waals surface area (Å²) < 4.78 is 5.62. The maximum absolute atomic E-state index is 13.0. The van der Waals surface area contributed by atoms with Crippen LogP contribution in [0.15, 0.2) is 24.4 Å². The molecule has 0 spiro atoms. The van der Waals surface area contributed by atoms with Gasteiger partial charge in [-0.2, -0.15) is 0 Å². The average molecular weight is 359 g/mol. The van der Waals surface area contributed by atoms with Crippen molar-refractivity contribution in [1.82, 2.24) is 15.2 Å². The molecule has 2 atom stereocenters. The third kappa shape index (κ3) is 4.61. The van der Waals surface area contributed by atoms with Crippen molar-refractivity contribution in [3.63, 3.8) is 0 Å². The lowest BCUT2D eigenvalue weighted by atomic mass is 9.88. The number of rotatable bonds is 6. The molecule has 1 aromatic rings. The number of pyridine rings is 1. The van der Waals surface area contributed by atoms with E-state index in [2.05, 4.69) is 10.3 Å². The van der Waals surface area contributed by atoms with Crippen molar-refractivity contribution in [2.24, 2.45) is 11.8 Å². The van der Waals surface area contributed by atoms with E-state index in [-0.39, 0.29) is 30.3 Å². The van der Waals surface area contributed by atoms with Crippen molar-refractivity contribution in [2.75, 3.05) is 33.4 Å². The van der Waals surface area contributed by atoms with Gasteiger partial charge in [0.15, 0.2) is 0 Å². The maximum Gasteiger partial charge on any atom is 0.245 e. The number of hydrogen-bond donors (Lipinski definition) is 1. The number of aromatic nitrogens is 1. The molecule has 2 heterocycles. The topological polar surface area (TPSA) is 71.5 Å². The molecular formula is C20H29N3O3. The Bertz CT molecular complexity index is 602. The van der Waals surface area contributed by atoms with Gasteiger partial charge in [0.25, 0.3) is 0 Å². The van der Waals surface area contributed by atoms with Crippen LogP contribution in [0.25, 0.3) is 0 Å². The van der Waals surface area contributed by atoms with Gasteiger partial charge in [-0.25, -0.2) is 0 Å². The standard InChI is InChI=1S/C20H29N3O3/c1-21-19(24)14-26-13-16-11-23(20(25)15-7-3-2-4-8-15)12-17(16)18-9-5-6-10-22-18/h5-6,9-10,15-17H,2-4,7-8,11-14H2,1H3,(H,21,24). The zero-order valence-corrected chi connectivity index (χ0v) is 15.5. The van der Waals surface area contributed by atoms with Crippen LogP contribution in [0.4, 0.5) is 0 Å². The number of ether oxygens (including phenoxy) is 1. The fraction of sp³-hybridized carbons (Fsp3) is 0.650. The number of nitrogens with zero attached hydrogens (tertiary/aromatic N) is 2. The lowest BCUT2D eigenvalue weighted by Crippen LogP contribution is -2.36. The summed E-state index contributed by atoms with van der Waals surface area (Å²) in [7, 11) is 1.60. The second kappa shape index (κ2) is 9.12. The highest BCUT2D eigenvalue weighted by molar-refractivity contribution is 5.79. The van der Waals surface area contributed by atoms with Gasteiger partial charge in [0.2, 0.25) is 11.8 Å². The molecule has 26 heavy (non-hydrogen) atoms. The van der Waals surface area contributed by atoms with Crippen molar-refractivity contribution in [1.29, 1.82) is 0 Å². The summed E-state index contributed by atoms with van der Waals surface area (Å²) in [4.78, 5) is 30.9. The Morgan fingerprint density at radius 1 is 1.23 bits per heavy atom. The summed E-state index contributed by atoms with van der Waals surface area (Å²) in [5.74, 6) is 0.668. The molecule has 2 amide bonds. The number of likely N-dealkylation sites (tertiary alicyclic amines) is 1. The van der Waals surface area contributed by atoms with Gasteiger partial charge in [0.05, 0.1) is 6.61 Å². The number of amides is 2. The van der Waals surface area contributed by atoms with E-state index in [1.165, 1.54) is 6.42 Å². The Morgan fingerprint density at radius 2 is 2.04 bits per heavy atom. The summed E-state index contributed by atoms with van der Waals surface area (Å²) in [5, 5.41) is 2.56. The zero-order chi connectivity index (χ0) is 18.4. The Morgan fingerprint density at radius 3 is 2.73 bits per heavy atom. The van der Waals surface area contributed by atoms with E-state index in [1.54, 1.807) is 13.2 Å². The number of nitrogens with one attached hydrogen (secondary N) is 1. The Balaban J connectivity index is 1.66. The number of hydrogen-bond acceptors (Lipinski definition) is 4. The molecule has 142 valence electrons. The summed E-state index contributed by atoms with van der Waals surface area (Å²) in [6.45, 7) is 1.90. The Hall–Kier alpha value is -1.95. The average Bonchev–Trinajstić information content (AvgIpc) is 3.12. The second-order valence-electron chi connectivity index (χ2n) is 7.39. The third-order valence-electron chi connectivity index (χ3n) is 5.62. The molecule has 0 aromatic carbocycles. The van der Waals surface area contributed by atoms with E-state index in [4.69, 9.17) is 4.74 Å². The van der Waals surface area contributed by atoms with Crippen LogP contribution >= 0.6 is 0 Å². The molecule has 3 rings (SSSR count). The van der Waals surface area contributed by atoms with Gasteiger partial charge in [0, 0.05) is 49.8 Å². The van der Waals surface area contributed by atoms with Crippen molar-refractivity contribution in [2.45, 2.75) is 38.0 Å². The van der Waals surface area contributed by atoms with Crippen LogP contribution in [0.3, 0.4) is 0 Å². The minimum Gasteiger partial charge on any atom is -0.371 e. The van der Waals surface area contributed by atoms with Gasteiger partial charge in [-0.15, -0.1) is 0 Å². The number of carbonyl (C=O) groups is 2. The molecule has 0 bridgehead atoms. The normalized spacial score (nSPS) is 23.8. The molecule has 1 aliphatic heterocycles. The molecule has 1 saturated heterocycles. The van der Waals surface area contributed by atoms with Gasteiger partial charge in [0.1, 0.15) is 6.61 Å². The molecular weight excluding hydrogens is 330 g/mol. The van der Waals surface area contributed by atoms with Crippen molar-refractivity contribution in [3.8, 4) is 0 Å². The van der Waals surface area contributed by atoms with Gasteiger partial charge in [-0.3, -0.25) is 14.6 Å². The maximum atomic E-state index is 13.0. The first kappa shape index (κ1) is 18.8. The quantitative estimate of drug-likeness (QED) is 0.843. The highest BCUT2D eigenvalue weighted by atomic mass is 16.5. The van der Waals surface area contributed by atoms with E-state index < -0.39 is 0 Å². The lowest BCUT2D eigenvalue weighted by Gasteiger charge is -2.26. The van der Waals surface area contributed by atoms with E-state index in [0.29, 0.717) is 25.6 Å². The first-order chi connectivity index (χ1) is 12.7. The van der Waals surface area contributed by atoms with E-state index in [1.807, 2.05) is 23.1 Å². The van der Waals surface area contributed by atoms with Crippen LogP contribution in [0.1, 0.15) is 43.7 Å². The molecule has 2 unspecified atom stereocenters. The van der Waals surface area contributed by atoms with Crippen LogP contribution in [-0.4, -0.2) is 55.0 Å². The smallest absolute Gasteiger partial charge is 0.245 e. The predicted octanol–water partition coefficient (Wildman–Crippen LogP) is 1.97. The Labute approximate surface area is 155 Å². The molecule has 1 N–H and O–H groups in total.